The summed E-state index contributed by atoms with van der Waals surface area (Å²) in [5.41, 5.74) is 2.70. The molecule has 1 aromatic rings. The summed E-state index contributed by atoms with van der Waals surface area (Å²) in [6.45, 7) is 11.9. The largest absolute Gasteiger partial charge is 0.490 e. The molecule has 3 nitrogen and oxygen atoms in total. The van der Waals surface area contributed by atoms with Gasteiger partial charge in [0.1, 0.15) is 18.0 Å². The van der Waals surface area contributed by atoms with Crippen molar-refractivity contribution in [3.05, 3.63) is 28.8 Å². The lowest BCUT2D eigenvalue weighted by Crippen LogP contribution is -2.43. The highest BCUT2D eigenvalue weighted by Crippen LogP contribution is 2.24. The second-order valence-electron chi connectivity index (χ2n) is 5.67. The molecule has 0 saturated heterocycles. The fourth-order valence-corrected chi connectivity index (χ4v) is 1.97. The van der Waals surface area contributed by atoms with E-state index < -0.39 is 5.60 Å². The second-order valence-corrected chi connectivity index (χ2v) is 5.67. The zero-order valence-electron chi connectivity index (χ0n) is 12.8. The zero-order chi connectivity index (χ0) is 14.5. The fourth-order valence-electron chi connectivity index (χ4n) is 1.97. The van der Waals surface area contributed by atoms with Crippen LogP contribution in [0.3, 0.4) is 0 Å². The lowest BCUT2D eigenvalue weighted by molar-refractivity contribution is 0.0122. The van der Waals surface area contributed by atoms with Crippen molar-refractivity contribution in [2.24, 2.45) is 0 Å². The Balaban J connectivity index is 2.61. The lowest BCUT2D eigenvalue weighted by Gasteiger charge is -2.25. The van der Waals surface area contributed by atoms with Crippen LogP contribution in [0.5, 0.6) is 5.75 Å². The molecule has 0 amide bonds. The van der Waals surface area contributed by atoms with Crippen molar-refractivity contribution in [3.63, 3.8) is 0 Å². The second kappa shape index (κ2) is 6.92. The molecular formula is C16H27NO2. The molecule has 0 bridgehead atoms. The van der Waals surface area contributed by atoms with Gasteiger partial charge < -0.3 is 15.2 Å². The topological polar surface area (TPSA) is 41.5 Å². The molecule has 0 aliphatic heterocycles. The SMILES string of the molecule is CCCNCC(C)(O)COc1cc(C)cc(C)c1C. The molecular weight excluding hydrogens is 238 g/mol. The first-order valence-corrected chi connectivity index (χ1v) is 6.99. The van der Waals surface area contributed by atoms with Crippen LogP contribution in [0, 0.1) is 20.8 Å². The van der Waals surface area contributed by atoms with E-state index in [1.54, 1.807) is 6.92 Å². The van der Waals surface area contributed by atoms with E-state index in [9.17, 15) is 5.11 Å². The van der Waals surface area contributed by atoms with Crippen LogP contribution in [-0.2, 0) is 0 Å². The van der Waals surface area contributed by atoms with Crippen LogP contribution in [0.25, 0.3) is 0 Å². The minimum Gasteiger partial charge on any atom is -0.490 e. The van der Waals surface area contributed by atoms with Crippen molar-refractivity contribution < 1.29 is 9.84 Å². The van der Waals surface area contributed by atoms with Gasteiger partial charge in [0.15, 0.2) is 0 Å². The minimum absolute atomic E-state index is 0.299. The Morgan fingerprint density at radius 1 is 1.26 bits per heavy atom. The van der Waals surface area contributed by atoms with Gasteiger partial charge in [-0.3, -0.25) is 0 Å². The molecule has 1 atom stereocenters. The predicted molar refractivity (Wildman–Crippen MR) is 79.9 cm³/mol. The van der Waals surface area contributed by atoms with Gasteiger partial charge in [0.25, 0.3) is 0 Å². The maximum atomic E-state index is 10.2. The van der Waals surface area contributed by atoms with Gasteiger partial charge in [-0.25, -0.2) is 0 Å². The number of aliphatic hydroxyl groups is 1. The number of ether oxygens (including phenoxy) is 1. The monoisotopic (exact) mass is 265 g/mol. The number of hydrogen-bond donors (Lipinski definition) is 2. The summed E-state index contributed by atoms with van der Waals surface area (Å²) in [5.74, 6) is 0.869. The number of aryl methyl sites for hydroxylation is 2. The Hall–Kier alpha value is -1.06. The summed E-state index contributed by atoms with van der Waals surface area (Å²) in [5, 5.41) is 13.5. The Kier molecular flexibility index (Phi) is 5.83. The predicted octanol–water partition coefficient (Wildman–Crippen LogP) is 2.74. The summed E-state index contributed by atoms with van der Waals surface area (Å²) < 4.78 is 5.80. The average molecular weight is 265 g/mol. The van der Waals surface area contributed by atoms with Crippen molar-refractivity contribution in [2.45, 2.75) is 46.6 Å². The van der Waals surface area contributed by atoms with Gasteiger partial charge in [0.05, 0.1) is 0 Å². The Morgan fingerprint density at radius 3 is 2.58 bits per heavy atom. The first-order chi connectivity index (χ1) is 8.85. The number of rotatable bonds is 7. The van der Waals surface area contributed by atoms with Crippen molar-refractivity contribution in [1.29, 1.82) is 0 Å². The molecule has 0 heterocycles. The van der Waals surface area contributed by atoms with Crippen LogP contribution in [0.2, 0.25) is 0 Å². The van der Waals surface area contributed by atoms with Crippen LogP contribution >= 0.6 is 0 Å². The number of hydrogen-bond acceptors (Lipinski definition) is 3. The van der Waals surface area contributed by atoms with Crippen LogP contribution < -0.4 is 10.1 Å². The van der Waals surface area contributed by atoms with Crippen molar-refractivity contribution in [1.82, 2.24) is 5.32 Å². The molecule has 108 valence electrons. The minimum atomic E-state index is -0.848. The quantitative estimate of drug-likeness (QED) is 0.745. The van der Waals surface area contributed by atoms with Gasteiger partial charge in [-0.1, -0.05) is 13.0 Å². The number of benzene rings is 1. The summed E-state index contributed by atoms with van der Waals surface area (Å²) in [4.78, 5) is 0. The standard InChI is InChI=1S/C16H27NO2/c1-6-7-17-10-16(5,18)11-19-15-9-12(2)8-13(3)14(15)4/h8-9,17-18H,6-7,10-11H2,1-5H3. The normalized spacial score (nSPS) is 14.2. The number of nitrogens with one attached hydrogen (secondary N) is 1. The third-order valence-electron chi connectivity index (χ3n) is 3.24. The maximum Gasteiger partial charge on any atom is 0.122 e. The van der Waals surface area contributed by atoms with Crippen LogP contribution in [0.1, 0.15) is 37.0 Å². The molecule has 19 heavy (non-hydrogen) atoms. The highest BCUT2D eigenvalue weighted by molar-refractivity contribution is 5.41. The van der Waals surface area contributed by atoms with Crippen molar-refractivity contribution in [2.75, 3.05) is 19.7 Å². The highest BCUT2D eigenvalue weighted by Gasteiger charge is 2.21. The van der Waals surface area contributed by atoms with E-state index in [0.717, 1.165) is 24.3 Å². The smallest absolute Gasteiger partial charge is 0.122 e. The average Bonchev–Trinajstić information content (AvgIpc) is 2.32. The Labute approximate surface area is 117 Å². The zero-order valence-corrected chi connectivity index (χ0v) is 12.8. The van der Waals surface area contributed by atoms with Crippen LogP contribution in [0.15, 0.2) is 12.1 Å². The molecule has 2 N–H and O–H groups in total. The van der Waals surface area contributed by atoms with E-state index in [1.165, 1.54) is 11.1 Å². The van der Waals surface area contributed by atoms with Crippen molar-refractivity contribution >= 4 is 0 Å². The molecule has 0 aromatic heterocycles. The van der Waals surface area contributed by atoms with Crippen LogP contribution in [-0.4, -0.2) is 30.4 Å². The molecule has 1 aromatic carbocycles. The third kappa shape index (κ3) is 5.21. The summed E-state index contributed by atoms with van der Waals surface area (Å²) >= 11 is 0. The van der Waals surface area contributed by atoms with Gasteiger partial charge >= 0.3 is 0 Å². The van der Waals surface area contributed by atoms with Gasteiger partial charge in [-0.2, -0.15) is 0 Å². The Morgan fingerprint density at radius 2 is 1.95 bits per heavy atom. The summed E-state index contributed by atoms with van der Waals surface area (Å²) in [6.07, 6.45) is 1.06. The van der Waals surface area contributed by atoms with Gasteiger partial charge in [0.2, 0.25) is 0 Å². The molecule has 0 aliphatic rings. The summed E-state index contributed by atoms with van der Waals surface area (Å²) in [6, 6.07) is 4.17. The van der Waals surface area contributed by atoms with E-state index in [2.05, 4.69) is 32.2 Å². The first-order valence-electron chi connectivity index (χ1n) is 6.99. The van der Waals surface area contributed by atoms with E-state index in [1.807, 2.05) is 13.0 Å². The molecule has 3 heteroatoms. The van der Waals surface area contributed by atoms with Crippen LogP contribution in [0.4, 0.5) is 0 Å². The van der Waals surface area contributed by atoms with E-state index >= 15 is 0 Å². The molecule has 0 aliphatic carbocycles. The fraction of sp³-hybridized carbons (Fsp3) is 0.625. The molecule has 0 saturated carbocycles. The molecule has 0 radical (unpaired) electrons. The molecule has 0 fully saturated rings. The van der Waals surface area contributed by atoms with Gasteiger partial charge in [0, 0.05) is 6.54 Å². The molecule has 1 unspecified atom stereocenters. The molecule has 1 rings (SSSR count). The van der Waals surface area contributed by atoms with E-state index in [4.69, 9.17) is 4.74 Å². The molecule has 0 spiro atoms. The Bertz CT molecular complexity index is 413. The van der Waals surface area contributed by atoms with Gasteiger partial charge in [-0.05, 0) is 63.4 Å². The lowest BCUT2D eigenvalue weighted by atomic mass is 10.1. The summed E-state index contributed by atoms with van der Waals surface area (Å²) in [7, 11) is 0. The maximum absolute atomic E-state index is 10.2. The highest BCUT2D eigenvalue weighted by atomic mass is 16.5. The van der Waals surface area contributed by atoms with E-state index in [-0.39, 0.29) is 0 Å². The first kappa shape index (κ1) is 16.0. The van der Waals surface area contributed by atoms with Crippen molar-refractivity contribution in [3.8, 4) is 5.75 Å². The van der Waals surface area contributed by atoms with E-state index in [0.29, 0.717) is 13.2 Å². The van der Waals surface area contributed by atoms with Gasteiger partial charge in [-0.15, -0.1) is 0 Å². The third-order valence-corrected chi connectivity index (χ3v) is 3.24.